The number of benzene rings is 1. The zero-order chi connectivity index (χ0) is 11.1. The number of hydrogen-bond donors (Lipinski definition) is 2. The third-order valence-electron chi connectivity index (χ3n) is 3.04. The van der Waals surface area contributed by atoms with Gasteiger partial charge in [0.25, 0.3) is 0 Å². The summed E-state index contributed by atoms with van der Waals surface area (Å²) in [6.07, 6.45) is 1.79. The molecular weight excluding hydrogens is 212 g/mol. The summed E-state index contributed by atoms with van der Waals surface area (Å²) in [7, 11) is 0. The maximum Gasteiger partial charge on any atom is 0.237 e. The van der Waals surface area contributed by atoms with Crippen LogP contribution in [-0.2, 0) is 17.6 Å². The summed E-state index contributed by atoms with van der Waals surface area (Å²) >= 11 is 6.07. The van der Waals surface area contributed by atoms with E-state index in [-0.39, 0.29) is 0 Å². The maximum atomic E-state index is 11.3. The van der Waals surface area contributed by atoms with Gasteiger partial charge in [0.1, 0.15) is 0 Å². The van der Waals surface area contributed by atoms with E-state index < -0.39 is 11.4 Å². The smallest absolute Gasteiger partial charge is 0.237 e. The van der Waals surface area contributed by atoms with Gasteiger partial charge < -0.3 is 11.5 Å². The largest absolute Gasteiger partial charge is 0.368 e. The van der Waals surface area contributed by atoms with Crippen molar-refractivity contribution in [2.75, 3.05) is 0 Å². The second-order valence-corrected chi connectivity index (χ2v) is 4.48. The van der Waals surface area contributed by atoms with Gasteiger partial charge in [-0.15, -0.1) is 0 Å². The second kappa shape index (κ2) is 3.51. The van der Waals surface area contributed by atoms with Crippen molar-refractivity contribution in [2.45, 2.75) is 24.8 Å². The average molecular weight is 225 g/mol. The zero-order valence-corrected chi connectivity index (χ0v) is 9.05. The van der Waals surface area contributed by atoms with Crippen LogP contribution in [0.3, 0.4) is 0 Å². The molecule has 0 saturated heterocycles. The number of nitrogens with two attached hydrogens (primary N) is 2. The van der Waals surface area contributed by atoms with E-state index in [1.165, 1.54) is 5.56 Å². The van der Waals surface area contributed by atoms with Gasteiger partial charge in [-0.05, 0) is 30.0 Å². The van der Waals surface area contributed by atoms with Crippen LogP contribution in [0.5, 0.6) is 0 Å². The van der Waals surface area contributed by atoms with Gasteiger partial charge >= 0.3 is 0 Å². The van der Waals surface area contributed by atoms with E-state index in [0.717, 1.165) is 12.0 Å². The van der Waals surface area contributed by atoms with Crippen molar-refractivity contribution in [3.63, 3.8) is 0 Å². The molecule has 0 heterocycles. The Labute approximate surface area is 93.4 Å². The number of amides is 1. The average Bonchev–Trinajstić information content (AvgIpc) is 2.19. The summed E-state index contributed by atoms with van der Waals surface area (Å²) in [6, 6.07) is 5.74. The van der Waals surface area contributed by atoms with Crippen molar-refractivity contribution < 1.29 is 4.79 Å². The van der Waals surface area contributed by atoms with E-state index in [4.69, 9.17) is 23.1 Å². The number of primary amides is 1. The Morgan fingerprint density at radius 1 is 1.47 bits per heavy atom. The lowest BCUT2D eigenvalue weighted by molar-refractivity contribution is -0.123. The third kappa shape index (κ3) is 1.73. The van der Waals surface area contributed by atoms with Gasteiger partial charge in [-0.3, -0.25) is 4.79 Å². The van der Waals surface area contributed by atoms with Gasteiger partial charge in [-0.1, -0.05) is 23.7 Å². The van der Waals surface area contributed by atoms with Gasteiger partial charge in [0.05, 0.1) is 5.54 Å². The number of fused-ring (bicyclic) bond motifs is 1. The van der Waals surface area contributed by atoms with E-state index in [0.29, 0.717) is 17.9 Å². The lowest BCUT2D eigenvalue weighted by atomic mass is 9.78. The molecule has 1 aliphatic carbocycles. The van der Waals surface area contributed by atoms with Crippen LogP contribution in [-0.4, -0.2) is 11.4 Å². The molecule has 0 bridgehead atoms. The van der Waals surface area contributed by atoms with Crippen molar-refractivity contribution in [1.29, 1.82) is 0 Å². The first kappa shape index (κ1) is 10.5. The quantitative estimate of drug-likeness (QED) is 0.748. The molecule has 1 aliphatic rings. The van der Waals surface area contributed by atoms with E-state index >= 15 is 0 Å². The molecule has 1 aromatic carbocycles. The summed E-state index contributed by atoms with van der Waals surface area (Å²) in [5, 5.41) is 0.670. The highest BCUT2D eigenvalue weighted by molar-refractivity contribution is 6.31. The molecule has 0 spiro atoms. The number of carbonyl (C=O) groups is 1. The number of hydrogen-bond acceptors (Lipinski definition) is 2. The van der Waals surface area contributed by atoms with E-state index in [1.54, 1.807) is 0 Å². The van der Waals surface area contributed by atoms with Crippen molar-refractivity contribution in [3.8, 4) is 0 Å². The van der Waals surface area contributed by atoms with Gasteiger partial charge in [0.15, 0.2) is 0 Å². The predicted molar refractivity (Wildman–Crippen MR) is 59.6 cm³/mol. The number of halogens is 1. The highest BCUT2D eigenvalue weighted by atomic mass is 35.5. The predicted octanol–water partition coefficient (Wildman–Crippen LogP) is 1.01. The van der Waals surface area contributed by atoms with Crippen LogP contribution >= 0.6 is 11.6 Å². The Hall–Kier alpha value is -1.06. The molecule has 1 atom stereocenters. The number of carbonyl (C=O) groups excluding carboxylic acids is 1. The highest BCUT2D eigenvalue weighted by Gasteiger charge is 2.36. The van der Waals surface area contributed by atoms with Crippen LogP contribution in [0, 0.1) is 0 Å². The molecule has 4 N–H and O–H groups in total. The topological polar surface area (TPSA) is 69.1 Å². The van der Waals surface area contributed by atoms with E-state index in [9.17, 15) is 4.79 Å². The van der Waals surface area contributed by atoms with Crippen LogP contribution in [0.4, 0.5) is 0 Å². The molecule has 4 heteroatoms. The molecule has 1 aromatic rings. The van der Waals surface area contributed by atoms with E-state index in [1.807, 2.05) is 18.2 Å². The molecule has 1 amide bonds. The molecule has 0 aromatic heterocycles. The molecule has 0 saturated carbocycles. The van der Waals surface area contributed by atoms with Crippen molar-refractivity contribution in [3.05, 3.63) is 34.3 Å². The molecule has 15 heavy (non-hydrogen) atoms. The SMILES string of the molecule is NC(=O)C1(N)CCc2cccc(Cl)c2C1. The Kier molecular flexibility index (Phi) is 2.44. The van der Waals surface area contributed by atoms with Crippen molar-refractivity contribution >= 4 is 17.5 Å². The fourth-order valence-corrected chi connectivity index (χ4v) is 2.27. The molecule has 2 rings (SSSR count). The molecular formula is C11H13ClN2O. The third-order valence-corrected chi connectivity index (χ3v) is 3.39. The normalized spacial score (nSPS) is 24.7. The molecule has 0 radical (unpaired) electrons. The Morgan fingerprint density at radius 2 is 2.20 bits per heavy atom. The minimum Gasteiger partial charge on any atom is -0.368 e. The van der Waals surface area contributed by atoms with Crippen molar-refractivity contribution in [2.24, 2.45) is 11.5 Å². The first-order valence-corrected chi connectivity index (χ1v) is 5.26. The second-order valence-electron chi connectivity index (χ2n) is 4.07. The first-order chi connectivity index (χ1) is 7.03. The van der Waals surface area contributed by atoms with Crippen LogP contribution in [0.15, 0.2) is 18.2 Å². The summed E-state index contributed by atoms with van der Waals surface area (Å²) in [6.45, 7) is 0. The minimum atomic E-state index is -0.933. The van der Waals surface area contributed by atoms with Gasteiger partial charge in [0, 0.05) is 11.4 Å². The molecule has 80 valence electrons. The lowest BCUT2D eigenvalue weighted by Crippen LogP contribution is -2.55. The molecule has 1 unspecified atom stereocenters. The molecule has 0 aliphatic heterocycles. The monoisotopic (exact) mass is 224 g/mol. The van der Waals surface area contributed by atoms with Gasteiger partial charge in [-0.25, -0.2) is 0 Å². The number of aryl methyl sites for hydroxylation is 1. The summed E-state index contributed by atoms with van der Waals surface area (Å²) in [5.74, 6) is -0.451. The lowest BCUT2D eigenvalue weighted by Gasteiger charge is -2.32. The Bertz CT molecular complexity index is 419. The number of rotatable bonds is 1. The molecule has 0 fully saturated rings. The van der Waals surface area contributed by atoms with Crippen LogP contribution in [0.1, 0.15) is 17.5 Å². The molecule has 3 nitrogen and oxygen atoms in total. The fraction of sp³-hybridized carbons (Fsp3) is 0.364. The summed E-state index contributed by atoms with van der Waals surface area (Å²) in [5.41, 5.74) is 12.5. The van der Waals surface area contributed by atoms with E-state index in [2.05, 4.69) is 0 Å². The summed E-state index contributed by atoms with van der Waals surface area (Å²) in [4.78, 5) is 11.3. The minimum absolute atomic E-state index is 0.442. The standard InChI is InChI=1S/C11H13ClN2O/c12-9-3-1-2-7-4-5-11(14,10(13)15)6-8(7)9/h1-3H,4-6,14H2,(H2,13,15). The van der Waals surface area contributed by atoms with Gasteiger partial charge in [-0.2, -0.15) is 0 Å². The maximum absolute atomic E-state index is 11.3. The first-order valence-electron chi connectivity index (χ1n) is 4.88. The van der Waals surface area contributed by atoms with Crippen LogP contribution < -0.4 is 11.5 Å². The highest BCUT2D eigenvalue weighted by Crippen LogP contribution is 2.31. The van der Waals surface area contributed by atoms with Crippen molar-refractivity contribution in [1.82, 2.24) is 0 Å². The fourth-order valence-electron chi connectivity index (χ4n) is 2.01. The van der Waals surface area contributed by atoms with Crippen LogP contribution in [0.25, 0.3) is 0 Å². The Morgan fingerprint density at radius 3 is 2.87 bits per heavy atom. The Balaban J connectivity index is 2.42. The zero-order valence-electron chi connectivity index (χ0n) is 8.29. The van der Waals surface area contributed by atoms with Gasteiger partial charge in [0.2, 0.25) is 5.91 Å². The van der Waals surface area contributed by atoms with Crippen LogP contribution in [0.2, 0.25) is 5.02 Å². The summed E-state index contributed by atoms with van der Waals surface area (Å²) < 4.78 is 0.